The number of nitrogens with zero attached hydrogens (tertiary/aromatic N) is 1. The molecule has 0 bridgehead atoms. The summed E-state index contributed by atoms with van der Waals surface area (Å²) in [5.41, 5.74) is 0.328. The van der Waals surface area contributed by atoms with Gasteiger partial charge in [0.2, 0.25) is 0 Å². The van der Waals surface area contributed by atoms with E-state index in [0.29, 0.717) is 35.2 Å². The first kappa shape index (κ1) is 17.4. The van der Waals surface area contributed by atoms with Crippen LogP contribution in [0, 0.1) is 0 Å². The second-order valence-electron chi connectivity index (χ2n) is 4.73. The first-order valence-electron chi connectivity index (χ1n) is 6.92. The molecule has 0 radical (unpaired) electrons. The van der Waals surface area contributed by atoms with Crippen molar-refractivity contribution in [1.29, 1.82) is 0 Å². The maximum absolute atomic E-state index is 12.7. The van der Waals surface area contributed by atoms with Crippen LogP contribution in [0.1, 0.15) is 0 Å². The predicted molar refractivity (Wildman–Crippen MR) is 84.5 cm³/mol. The molecule has 0 unspecified atom stereocenters. The molecule has 0 aliphatic rings. The first-order chi connectivity index (χ1) is 11.0. The molecule has 1 aromatic carbocycles. The summed E-state index contributed by atoms with van der Waals surface area (Å²) in [6.45, 7) is 0.122. The molecule has 1 heterocycles. The van der Waals surface area contributed by atoms with Crippen LogP contribution in [0.25, 0.3) is 11.3 Å². The minimum absolute atomic E-state index is 0.313. The highest BCUT2D eigenvalue weighted by molar-refractivity contribution is 6.33. The van der Waals surface area contributed by atoms with Gasteiger partial charge in [-0.2, -0.15) is 0 Å². The molecule has 23 heavy (non-hydrogen) atoms. The SMILES string of the molecule is COCCOc1ccc(-c2cccc(=O)n2CC(F)F)c(Cl)c1. The van der Waals surface area contributed by atoms with E-state index in [1.165, 1.54) is 12.1 Å². The third-order valence-corrected chi connectivity index (χ3v) is 3.46. The molecule has 7 heteroatoms. The van der Waals surface area contributed by atoms with Crippen molar-refractivity contribution in [1.82, 2.24) is 4.57 Å². The monoisotopic (exact) mass is 343 g/mol. The fraction of sp³-hybridized carbons (Fsp3) is 0.312. The molecule has 0 spiro atoms. The van der Waals surface area contributed by atoms with Crippen molar-refractivity contribution >= 4 is 11.6 Å². The topological polar surface area (TPSA) is 40.5 Å². The van der Waals surface area contributed by atoms with Crippen molar-refractivity contribution in [2.75, 3.05) is 20.3 Å². The summed E-state index contributed by atoms with van der Waals surface area (Å²) in [5.74, 6) is 0.537. The van der Waals surface area contributed by atoms with Crippen LogP contribution in [0.4, 0.5) is 8.78 Å². The standard InChI is InChI=1S/C16H16ClF2NO3/c1-22-7-8-23-11-5-6-12(13(17)9-11)14-3-2-4-16(21)20(14)10-15(18)19/h2-6,9,15H,7-8,10H2,1H3. The number of alkyl halides is 2. The second kappa shape index (κ2) is 8.08. The van der Waals surface area contributed by atoms with Gasteiger partial charge in [0.15, 0.2) is 0 Å². The Labute approximate surface area is 137 Å². The minimum Gasteiger partial charge on any atom is -0.491 e. The maximum atomic E-state index is 12.7. The van der Waals surface area contributed by atoms with Crippen LogP contribution < -0.4 is 10.3 Å². The van der Waals surface area contributed by atoms with Crippen LogP contribution in [0.2, 0.25) is 5.02 Å². The van der Waals surface area contributed by atoms with Gasteiger partial charge in [-0.25, -0.2) is 8.78 Å². The molecule has 0 saturated carbocycles. The lowest BCUT2D eigenvalue weighted by molar-refractivity contribution is 0.126. The molecule has 0 aliphatic carbocycles. The Morgan fingerprint density at radius 3 is 2.65 bits per heavy atom. The number of benzene rings is 1. The Bertz CT molecular complexity index is 719. The van der Waals surface area contributed by atoms with Crippen molar-refractivity contribution in [2.24, 2.45) is 0 Å². The van der Waals surface area contributed by atoms with Gasteiger partial charge in [-0.1, -0.05) is 17.7 Å². The van der Waals surface area contributed by atoms with E-state index in [2.05, 4.69) is 0 Å². The maximum Gasteiger partial charge on any atom is 0.256 e. The van der Waals surface area contributed by atoms with Gasteiger partial charge >= 0.3 is 0 Å². The zero-order chi connectivity index (χ0) is 16.8. The van der Waals surface area contributed by atoms with Gasteiger partial charge in [-0.3, -0.25) is 4.79 Å². The number of aromatic nitrogens is 1. The van der Waals surface area contributed by atoms with E-state index >= 15 is 0 Å². The number of rotatable bonds is 7. The zero-order valence-corrected chi connectivity index (χ0v) is 13.2. The summed E-state index contributed by atoms with van der Waals surface area (Å²) < 4.78 is 36.8. The van der Waals surface area contributed by atoms with Gasteiger partial charge in [0.25, 0.3) is 12.0 Å². The van der Waals surface area contributed by atoms with Gasteiger partial charge in [0.05, 0.1) is 23.9 Å². The number of ether oxygens (including phenoxy) is 2. The molecule has 0 N–H and O–H groups in total. The average Bonchev–Trinajstić information content (AvgIpc) is 2.50. The van der Waals surface area contributed by atoms with Gasteiger partial charge in [0, 0.05) is 18.7 Å². The molecule has 4 nitrogen and oxygen atoms in total. The molecule has 0 atom stereocenters. The lowest BCUT2D eigenvalue weighted by Gasteiger charge is -2.14. The van der Waals surface area contributed by atoms with Gasteiger partial charge in [-0.05, 0) is 24.3 Å². The number of halogens is 3. The van der Waals surface area contributed by atoms with Crippen LogP contribution in [-0.4, -0.2) is 31.3 Å². The van der Waals surface area contributed by atoms with E-state index in [0.717, 1.165) is 4.57 Å². The van der Waals surface area contributed by atoms with E-state index in [1.807, 2.05) is 0 Å². The van der Waals surface area contributed by atoms with Crippen molar-refractivity contribution in [2.45, 2.75) is 13.0 Å². The lowest BCUT2D eigenvalue weighted by atomic mass is 10.1. The summed E-state index contributed by atoms with van der Waals surface area (Å²) in [5, 5.41) is 0.313. The molecule has 1 aromatic heterocycles. The van der Waals surface area contributed by atoms with Crippen LogP contribution in [0.15, 0.2) is 41.2 Å². The van der Waals surface area contributed by atoms with Crippen molar-refractivity contribution in [3.8, 4) is 17.0 Å². The van der Waals surface area contributed by atoms with Crippen molar-refractivity contribution in [3.63, 3.8) is 0 Å². The lowest BCUT2D eigenvalue weighted by Crippen LogP contribution is -2.23. The molecular formula is C16H16ClF2NO3. The van der Waals surface area contributed by atoms with E-state index in [-0.39, 0.29) is 0 Å². The van der Waals surface area contributed by atoms with E-state index < -0.39 is 18.5 Å². The molecule has 0 fully saturated rings. The predicted octanol–water partition coefficient (Wildman–Crippen LogP) is 3.46. The average molecular weight is 344 g/mol. The molecular weight excluding hydrogens is 328 g/mol. The summed E-state index contributed by atoms with van der Waals surface area (Å²) in [7, 11) is 1.57. The number of pyridine rings is 1. The third-order valence-electron chi connectivity index (χ3n) is 3.14. The Kier molecular flexibility index (Phi) is 6.12. The van der Waals surface area contributed by atoms with Crippen LogP contribution in [0.5, 0.6) is 5.75 Å². The molecule has 2 aromatic rings. The fourth-order valence-corrected chi connectivity index (χ4v) is 2.39. The Balaban J connectivity index is 2.35. The van der Waals surface area contributed by atoms with Crippen LogP contribution in [0.3, 0.4) is 0 Å². The summed E-state index contributed by atoms with van der Waals surface area (Å²) >= 11 is 6.22. The molecule has 0 saturated heterocycles. The van der Waals surface area contributed by atoms with Gasteiger partial charge in [-0.15, -0.1) is 0 Å². The molecule has 0 amide bonds. The zero-order valence-electron chi connectivity index (χ0n) is 12.5. The highest BCUT2D eigenvalue weighted by Gasteiger charge is 2.14. The molecule has 124 valence electrons. The number of methoxy groups -OCH3 is 1. The fourth-order valence-electron chi connectivity index (χ4n) is 2.12. The smallest absolute Gasteiger partial charge is 0.256 e. The second-order valence-corrected chi connectivity index (χ2v) is 5.14. The highest BCUT2D eigenvalue weighted by atomic mass is 35.5. The molecule has 0 aliphatic heterocycles. The number of hydrogen-bond acceptors (Lipinski definition) is 3. The van der Waals surface area contributed by atoms with E-state index in [1.54, 1.807) is 31.4 Å². The van der Waals surface area contributed by atoms with Crippen molar-refractivity contribution in [3.05, 3.63) is 51.8 Å². The summed E-state index contributed by atoms with van der Waals surface area (Å²) in [6.07, 6.45) is -2.63. The van der Waals surface area contributed by atoms with E-state index in [9.17, 15) is 13.6 Å². The normalized spacial score (nSPS) is 11.0. The van der Waals surface area contributed by atoms with E-state index in [4.69, 9.17) is 21.1 Å². The molecule has 2 rings (SSSR count). The summed E-state index contributed by atoms with van der Waals surface area (Å²) in [6, 6.07) is 9.22. The summed E-state index contributed by atoms with van der Waals surface area (Å²) in [4.78, 5) is 11.8. The first-order valence-corrected chi connectivity index (χ1v) is 7.30. The Morgan fingerprint density at radius 1 is 1.22 bits per heavy atom. The van der Waals surface area contributed by atoms with Crippen molar-refractivity contribution < 1.29 is 18.3 Å². The van der Waals surface area contributed by atoms with Gasteiger partial charge < -0.3 is 14.0 Å². The minimum atomic E-state index is -2.63. The highest BCUT2D eigenvalue weighted by Crippen LogP contribution is 2.30. The quantitative estimate of drug-likeness (QED) is 0.723. The number of hydrogen-bond donors (Lipinski definition) is 0. The van der Waals surface area contributed by atoms with Gasteiger partial charge in [0.1, 0.15) is 12.4 Å². The largest absolute Gasteiger partial charge is 0.491 e. The van der Waals surface area contributed by atoms with Crippen LogP contribution >= 0.6 is 11.6 Å². The Morgan fingerprint density at radius 2 is 2.00 bits per heavy atom. The third kappa shape index (κ3) is 4.53. The Hall–Kier alpha value is -1.92. The van der Waals surface area contributed by atoms with Crippen LogP contribution in [-0.2, 0) is 11.3 Å².